The number of aromatic nitrogens is 2. The van der Waals surface area contributed by atoms with Crippen molar-refractivity contribution in [2.75, 3.05) is 0 Å². The van der Waals surface area contributed by atoms with Crippen LogP contribution in [0.3, 0.4) is 0 Å². The van der Waals surface area contributed by atoms with Gasteiger partial charge in [0.1, 0.15) is 5.82 Å². The van der Waals surface area contributed by atoms with Crippen LogP contribution in [0.4, 0.5) is 0 Å². The molecular formula is C16H10Cl4N2. The minimum absolute atomic E-state index is 0.504. The van der Waals surface area contributed by atoms with Gasteiger partial charge in [-0.25, -0.2) is 4.98 Å². The number of imidazole rings is 1. The third kappa shape index (κ3) is 3.26. The molecule has 22 heavy (non-hydrogen) atoms. The number of benzene rings is 2. The third-order valence-corrected chi connectivity index (χ3v) is 4.65. The summed E-state index contributed by atoms with van der Waals surface area (Å²) in [6, 6.07) is 10.9. The molecule has 0 saturated heterocycles. The Labute approximate surface area is 148 Å². The molecule has 1 aromatic heterocycles. The lowest BCUT2D eigenvalue weighted by Gasteiger charge is -2.04. The summed E-state index contributed by atoms with van der Waals surface area (Å²) in [7, 11) is 0. The quantitative estimate of drug-likeness (QED) is 0.576. The highest BCUT2D eigenvalue weighted by Gasteiger charge is 2.11. The molecule has 0 bridgehead atoms. The molecule has 0 radical (unpaired) electrons. The van der Waals surface area contributed by atoms with E-state index in [1.54, 1.807) is 24.4 Å². The first-order chi connectivity index (χ1) is 10.5. The van der Waals surface area contributed by atoms with E-state index in [1.807, 2.05) is 18.2 Å². The van der Waals surface area contributed by atoms with Gasteiger partial charge in [-0.3, -0.25) is 0 Å². The van der Waals surface area contributed by atoms with Gasteiger partial charge in [-0.2, -0.15) is 0 Å². The smallest absolute Gasteiger partial charge is 0.110 e. The van der Waals surface area contributed by atoms with Crippen LogP contribution in [-0.2, 0) is 6.42 Å². The number of halogens is 4. The Kier molecular flexibility index (Phi) is 4.65. The maximum Gasteiger partial charge on any atom is 0.110 e. The van der Waals surface area contributed by atoms with Crippen LogP contribution < -0.4 is 0 Å². The maximum atomic E-state index is 6.22. The number of nitrogens with zero attached hydrogens (tertiary/aromatic N) is 1. The summed E-state index contributed by atoms with van der Waals surface area (Å²) in [6.45, 7) is 0. The lowest BCUT2D eigenvalue weighted by molar-refractivity contribution is 1.03. The van der Waals surface area contributed by atoms with Crippen molar-refractivity contribution in [3.63, 3.8) is 0 Å². The molecule has 3 aromatic rings. The lowest BCUT2D eigenvalue weighted by Crippen LogP contribution is -1.92. The van der Waals surface area contributed by atoms with Gasteiger partial charge in [0.15, 0.2) is 0 Å². The molecule has 0 saturated carbocycles. The highest BCUT2D eigenvalue weighted by atomic mass is 35.5. The Bertz CT molecular complexity index is 827. The minimum Gasteiger partial charge on any atom is -0.342 e. The predicted octanol–water partition coefficient (Wildman–Crippen LogP) is 6.28. The zero-order chi connectivity index (χ0) is 15.7. The fourth-order valence-corrected chi connectivity index (χ4v) is 3.02. The first-order valence-electron chi connectivity index (χ1n) is 6.47. The van der Waals surface area contributed by atoms with E-state index in [9.17, 15) is 0 Å². The Morgan fingerprint density at radius 1 is 0.955 bits per heavy atom. The maximum absolute atomic E-state index is 6.22. The van der Waals surface area contributed by atoms with Crippen molar-refractivity contribution in [1.82, 2.24) is 9.97 Å². The number of H-pyrrole nitrogens is 1. The molecule has 0 atom stereocenters. The van der Waals surface area contributed by atoms with Crippen LogP contribution in [0.2, 0.25) is 20.1 Å². The second kappa shape index (κ2) is 6.51. The number of rotatable bonds is 3. The molecule has 3 rings (SSSR count). The Morgan fingerprint density at radius 2 is 1.77 bits per heavy atom. The Balaban J connectivity index is 1.89. The van der Waals surface area contributed by atoms with E-state index in [0.29, 0.717) is 26.5 Å². The summed E-state index contributed by atoms with van der Waals surface area (Å²) >= 11 is 24.3. The molecule has 2 aromatic carbocycles. The van der Waals surface area contributed by atoms with Gasteiger partial charge in [0.2, 0.25) is 0 Å². The van der Waals surface area contributed by atoms with Crippen LogP contribution in [0.25, 0.3) is 11.3 Å². The summed E-state index contributed by atoms with van der Waals surface area (Å²) in [6.07, 6.45) is 2.31. The van der Waals surface area contributed by atoms with E-state index in [1.165, 1.54) is 0 Å². The van der Waals surface area contributed by atoms with Crippen LogP contribution in [-0.4, -0.2) is 9.97 Å². The molecule has 2 nitrogen and oxygen atoms in total. The van der Waals surface area contributed by atoms with E-state index in [0.717, 1.165) is 22.6 Å². The topological polar surface area (TPSA) is 28.7 Å². The molecule has 0 amide bonds. The normalized spacial score (nSPS) is 10.9. The predicted molar refractivity (Wildman–Crippen MR) is 93.3 cm³/mol. The largest absolute Gasteiger partial charge is 0.342 e. The van der Waals surface area contributed by atoms with Crippen LogP contribution >= 0.6 is 46.4 Å². The highest BCUT2D eigenvalue weighted by Crippen LogP contribution is 2.32. The molecule has 0 aliphatic heterocycles. The molecule has 0 aliphatic rings. The van der Waals surface area contributed by atoms with Crippen LogP contribution in [0, 0.1) is 0 Å². The standard InChI is InChI=1S/C16H10Cl4N2/c17-10-5-4-9(13(19)7-10)6-15-21-8-14(22-15)11-2-1-3-12(18)16(11)20/h1-5,7-8H,6H2,(H,21,22). The summed E-state index contributed by atoms with van der Waals surface area (Å²) in [5, 5.41) is 2.24. The second-order valence-corrected chi connectivity index (χ2v) is 6.39. The lowest BCUT2D eigenvalue weighted by atomic mass is 10.1. The van der Waals surface area contributed by atoms with Crippen molar-refractivity contribution in [3.8, 4) is 11.3 Å². The van der Waals surface area contributed by atoms with Gasteiger partial charge in [0.25, 0.3) is 0 Å². The molecule has 112 valence electrons. The van der Waals surface area contributed by atoms with Crippen molar-refractivity contribution in [1.29, 1.82) is 0 Å². The number of hydrogen-bond donors (Lipinski definition) is 1. The fraction of sp³-hybridized carbons (Fsp3) is 0.0625. The van der Waals surface area contributed by atoms with E-state index in [4.69, 9.17) is 46.4 Å². The van der Waals surface area contributed by atoms with Crippen LogP contribution in [0.15, 0.2) is 42.6 Å². The van der Waals surface area contributed by atoms with Gasteiger partial charge in [0, 0.05) is 22.0 Å². The minimum atomic E-state index is 0.504. The van der Waals surface area contributed by atoms with Crippen molar-refractivity contribution in [2.24, 2.45) is 0 Å². The summed E-state index contributed by atoms with van der Waals surface area (Å²) in [5.41, 5.74) is 2.58. The summed E-state index contributed by atoms with van der Waals surface area (Å²) in [4.78, 5) is 7.62. The summed E-state index contributed by atoms with van der Waals surface area (Å²) in [5.74, 6) is 0.787. The molecular weight excluding hydrogens is 362 g/mol. The Morgan fingerprint density at radius 3 is 2.55 bits per heavy atom. The number of nitrogens with one attached hydrogen (secondary N) is 1. The third-order valence-electron chi connectivity index (χ3n) is 3.24. The molecule has 0 unspecified atom stereocenters. The Hall–Kier alpha value is -1.19. The zero-order valence-electron chi connectivity index (χ0n) is 11.2. The molecule has 0 fully saturated rings. The van der Waals surface area contributed by atoms with Crippen molar-refractivity contribution in [2.45, 2.75) is 6.42 Å². The second-order valence-electron chi connectivity index (χ2n) is 4.76. The van der Waals surface area contributed by atoms with Gasteiger partial charge < -0.3 is 4.98 Å². The van der Waals surface area contributed by atoms with E-state index < -0.39 is 0 Å². The van der Waals surface area contributed by atoms with Gasteiger partial charge >= 0.3 is 0 Å². The molecule has 0 aliphatic carbocycles. The van der Waals surface area contributed by atoms with Gasteiger partial charge in [-0.1, -0.05) is 64.6 Å². The van der Waals surface area contributed by atoms with Crippen LogP contribution in [0.1, 0.15) is 11.4 Å². The fourth-order valence-electron chi connectivity index (χ4n) is 2.15. The van der Waals surface area contributed by atoms with E-state index >= 15 is 0 Å². The molecule has 6 heteroatoms. The molecule has 0 spiro atoms. The van der Waals surface area contributed by atoms with Gasteiger partial charge in [0.05, 0.1) is 21.9 Å². The van der Waals surface area contributed by atoms with E-state index in [2.05, 4.69) is 9.97 Å². The average molecular weight is 372 g/mol. The zero-order valence-corrected chi connectivity index (χ0v) is 14.2. The van der Waals surface area contributed by atoms with Crippen LogP contribution in [0.5, 0.6) is 0 Å². The number of hydrogen-bond acceptors (Lipinski definition) is 1. The average Bonchev–Trinajstić information content (AvgIpc) is 2.93. The van der Waals surface area contributed by atoms with Gasteiger partial charge in [-0.05, 0) is 23.8 Å². The van der Waals surface area contributed by atoms with E-state index in [-0.39, 0.29) is 0 Å². The first-order valence-corrected chi connectivity index (χ1v) is 7.98. The highest BCUT2D eigenvalue weighted by molar-refractivity contribution is 6.43. The summed E-state index contributed by atoms with van der Waals surface area (Å²) < 4.78 is 0. The van der Waals surface area contributed by atoms with Gasteiger partial charge in [-0.15, -0.1) is 0 Å². The SMILES string of the molecule is Clc1ccc(Cc2ncc(-c3cccc(Cl)c3Cl)[nH]2)c(Cl)c1. The van der Waals surface area contributed by atoms with Crippen molar-refractivity contribution in [3.05, 3.63) is 74.1 Å². The monoisotopic (exact) mass is 370 g/mol. The molecule has 1 N–H and O–H groups in total. The van der Waals surface area contributed by atoms with Crippen molar-refractivity contribution < 1.29 is 0 Å². The molecule has 1 heterocycles. The number of aromatic amines is 1. The first kappa shape index (κ1) is 15.7. The van der Waals surface area contributed by atoms with Crippen molar-refractivity contribution >= 4 is 46.4 Å².